The molecule has 12 heteroatoms. The van der Waals surface area contributed by atoms with Crippen LogP contribution in [0.2, 0.25) is 0 Å². The fourth-order valence-corrected chi connectivity index (χ4v) is 8.52. The molecule has 11 nitrogen and oxygen atoms in total. The Morgan fingerprint density at radius 2 is 1.62 bits per heavy atom. The lowest BCUT2D eigenvalue weighted by molar-refractivity contribution is -0.150. The van der Waals surface area contributed by atoms with Crippen LogP contribution in [0.3, 0.4) is 0 Å². The number of methoxy groups -OCH3 is 1. The van der Waals surface area contributed by atoms with Crippen LogP contribution in [-0.4, -0.2) is 90.2 Å². The van der Waals surface area contributed by atoms with Crippen molar-refractivity contribution in [2.45, 2.75) is 123 Å². The first-order valence-electron chi connectivity index (χ1n) is 19.1. The van der Waals surface area contributed by atoms with E-state index >= 15 is 0 Å². The number of hydrogen-bond donors (Lipinski definition) is 1. The number of likely N-dealkylation sites (N-methyl/N-ethyl adjacent to an activating group) is 1. The van der Waals surface area contributed by atoms with Crippen LogP contribution < -0.4 is 5.32 Å². The van der Waals surface area contributed by atoms with Crippen LogP contribution in [0.4, 0.5) is 0 Å². The summed E-state index contributed by atoms with van der Waals surface area (Å²) in [7, 11) is 7.04. The Kier molecular flexibility index (Phi) is 16.6. The lowest BCUT2D eigenvalue weighted by Gasteiger charge is -2.39. The van der Waals surface area contributed by atoms with Gasteiger partial charge in [0, 0.05) is 50.2 Å². The van der Waals surface area contributed by atoms with Gasteiger partial charge in [-0.2, -0.15) is 0 Å². The molecule has 294 valence electrons. The molecule has 1 N–H and O–H groups in total. The molecule has 0 aliphatic heterocycles. The van der Waals surface area contributed by atoms with Gasteiger partial charge in [-0.1, -0.05) is 84.2 Å². The molecule has 0 spiro atoms. The zero-order chi connectivity index (χ0) is 39.5. The first-order chi connectivity index (χ1) is 25.0. The predicted molar refractivity (Wildman–Crippen MR) is 207 cm³/mol. The first kappa shape index (κ1) is 43.8. The number of nitrogens with one attached hydrogen (secondary N) is 1. The quantitative estimate of drug-likeness (QED) is 0.147. The number of thiazole rings is 1. The Hall–Kier alpha value is -3.64. The fourth-order valence-electron chi connectivity index (χ4n) is 7.68. The van der Waals surface area contributed by atoms with Gasteiger partial charge in [-0.05, 0) is 57.2 Å². The molecule has 1 aliphatic carbocycles. The van der Waals surface area contributed by atoms with Crippen molar-refractivity contribution in [3.05, 3.63) is 52.0 Å². The normalized spacial score (nSPS) is 17.4. The second-order valence-electron chi connectivity index (χ2n) is 15.4. The smallest absolute Gasteiger partial charge is 0.308 e. The summed E-state index contributed by atoms with van der Waals surface area (Å²) >= 11 is 1.22. The number of ketones is 1. The number of ether oxygens (including phenoxy) is 2. The summed E-state index contributed by atoms with van der Waals surface area (Å²) in [5, 5.41) is 5.14. The third-order valence-corrected chi connectivity index (χ3v) is 12.1. The van der Waals surface area contributed by atoms with Crippen LogP contribution in [0.25, 0.3) is 0 Å². The molecule has 2 amide bonds. The molecule has 3 rings (SSSR count). The molecule has 1 saturated carbocycles. The second-order valence-corrected chi connectivity index (χ2v) is 16.3. The van der Waals surface area contributed by atoms with Gasteiger partial charge in [0.15, 0.2) is 11.9 Å². The fraction of sp³-hybridized carbons (Fsp3) is 0.659. The molecule has 53 heavy (non-hydrogen) atoms. The number of Topliss-reactive ketones (excluding diaryl/α,β-unsaturated/α-hetero) is 1. The zero-order valence-electron chi connectivity index (χ0n) is 33.5. The highest BCUT2D eigenvalue weighted by Gasteiger charge is 2.45. The SMILES string of the molecule is CC[C@H](C)[C@H](CC(=O)C1(N(C)C)CCCC1)C(=O)N(C)[C@H](C[C@@H](OC(C)=O)c1nc(C(=O)N[C@@H](Cc2ccccc2)C[C@H](C)C(=O)OC)cs1)C(C)C. The van der Waals surface area contributed by atoms with Crippen molar-refractivity contribution in [3.8, 4) is 0 Å². The van der Waals surface area contributed by atoms with Gasteiger partial charge in [-0.3, -0.25) is 28.9 Å². The summed E-state index contributed by atoms with van der Waals surface area (Å²) < 4.78 is 10.7. The third kappa shape index (κ3) is 11.7. The van der Waals surface area contributed by atoms with Crippen molar-refractivity contribution in [3.63, 3.8) is 0 Å². The lowest BCUT2D eigenvalue weighted by Crippen LogP contribution is -2.51. The molecule has 1 aliphatic rings. The largest absolute Gasteiger partial charge is 0.469 e. The van der Waals surface area contributed by atoms with E-state index in [0.29, 0.717) is 17.8 Å². The minimum absolute atomic E-state index is 0.00653. The van der Waals surface area contributed by atoms with Gasteiger partial charge in [0.05, 0.1) is 18.6 Å². The van der Waals surface area contributed by atoms with E-state index in [4.69, 9.17) is 9.47 Å². The molecule has 0 bridgehead atoms. The number of esters is 2. The molecule has 0 radical (unpaired) electrons. The summed E-state index contributed by atoms with van der Waals surface area (Å²) in [5.74, 6) is -2.16. The maximum atomic E-state index is 14.4. The average molecular weight is 755 g/mol. The topological polar surface area (TPSA) is 135 Å². The predicted octanol–water partition coefficient (Wildman–Crippen LogP) is 6.66. The van der Waals surface area contributed by atoms with E-state index in [0.717, 1.165) is 37.7 Å². The van der Waals surface area contributed by atoms with E-state index in [2.05, 4.69) is 10.3 Å². The third-order valence-electron chi connectivity index (χ3n) is 11.2. The Bertz CT molecular complexity index is 1520. The van der Waals surface area contributed by atoms with Crippen molar-refractivity contribution in [1.29, 1.82) is 0 Å². The summed E-state index contributed by atoms with van der Waals surface area (Å²) in [6.45, 7) is 11.2. The monoisotopic (exact) mass is 754 g/mol. The summed E-state index contributed by atoms with van der Waals surface area (Å²) in [4.78, 5) is 75.0. The molecular weight excluding hydrogens is 693 g/mol. The van der Waals surface area contributed by atoms with Crippen LogP contribution in [0.1, 0.15) is 120 Å². The van der Waals surface area contributed by atoms with E-state index in [1.807, 2.05) is 77.0 Å². The highest BCUT2D eigenvalue weighted by Crippen LogP contribution is 2.38. The van der Waals surface area contributed by atoms with Crippen molar-refractivity contribution >= 4 is 40.9 Å². The van der Waals surface area contributed by atoms with Crippen molar-refractivity contribution in [2.75, 3.05) is 28.3 Å². The molecule has 2 aromatic rings. The number of rotatable bonds is 20. The van der Waals surface area contributed by atoms with E-state index in [-0.39, 0.29) is 60.1 Å². The first-order valence-corrected chi connectivity index (χ1v) is 19.9. The number of carbonyl (C=O) groups is 5. The molecule has 0 unspecified atom stereocenters. The molecular formula is C41H62N4O7S. The summed E-state index contributed by atoms with van der Waals surface area (Å²) in [5.41, 5.74) is 0.657. The number of aromatic nitrogens is 1. The molecule has 1 aromatic carbocycles. The molecule has 1 heterocycles. The van der Waals surface area contributed by atoms with Crippen LogP contribution in [0.15, 0.2) is 35.7 Å². The van der Waals surface area contributed by atoms with Gasteiger partial charge < -0.3 is 19.7 Å². The summed E-state index contributed by atoms with van der Waals surface area (Å²) in [6.07, 6.45) is 4.91. The number of amides is 2. The van der Waals surface area contributed by atoms with Crippen molar-refractivity contribution < 1.29 is 33.4 Å². The Morgan fingerprint density at radius 3 is 2.17 bits per heavy atom. The van der Waals surface area contributed by atoms with Gasteiger partial charge in [-0.25, -0.2) is 4.98 Å². The van der Waals surface area contributed by atoms with E-state index in [1.54, 1.807) is 24.3 Å². The van der Waals surface area contributed by atoms with E-state index in [9.17, 15) is 24.0 Å². The van der Waals surface area contributed by atoms with Gasteiger partial charge >= 0.3 is 11.9 Å². The van der Waals surface area contributed by atoms with Gasteiger partial charge in [-0.15, -0.1) is 11.3 Å². The highest BCUT2D eigenvalue weighted by atomic mass is 32.1. The zero-order valence-corrected chi connectivity index (χ0v) is 34.3. The number of nitrogens with zero attached hydrogens (tertiary/aromatic N) is 3. The number of hydrogen-bond acceptors (Lipinski definition) is 10. The molecule has 0 saturated heterocycles. The van der Waals surface area contributed by atoms with E-state index < -0.39 is 35.4 Å². The van der Waals surface area contributed by atoms with Crippen molar-refractivity contribution in [2.24, 2.45) is 23.7 Å². The standard InChI is InChI=1S/C41H62N4O7S/c1-11-27(4)32(23-36(47)41(44(7)8)19-15-16-20-41)39(49)45(9)34(26(2)3)24-35(52-29(6)46)38-43-33(25-53-38)37(48)42-31(21-28(5)40(50)51-10)22-30-17-13-12-14-18-30/h12-14,17-18,25-28,31-32,34-35H,11,15-16,19-24H2,1-10H3,(H,42,48)/t27-,28-,31+,32-,34+,35+/m0/s1. The van der Waals surface area contributed by atoms with Gasteiger partial charge in [0.1, 0.15) is 10.7 Å². The average Bonchev–Trinajstić information content (AvgIpc) is 3.83. The minimum Gasteiger partial charge on any atom is -0.469 e. The second kappa shape index (κ2) is 20.2. The molecule has 6 atom stereocenters. The van der Waals surface area contributed by atoms with Crippen LogP contribution in [-0.2, 0) is 35.1 Å². The maximum Gasteiger partial charge on any atom is 0.308 e. The van der Waals surface area contributed by atoms with Crippen molar-refractivity contribution in [1.82, 2.24) is 20.1 Å². The molecule has 1 fully saturated rings. The Labute approximate surface area is 320 Å². The number of benzene rings is 1. The molecule has 1 aromatic heterocycles. The Morgan fingerprint density at radius 1 is 0.981 bits per heavy atom. The van der Waals surface area contributed by atoms with Crippen LogP contribution >= 0.6 is 11.3 Å². The maximum absolute atomic E-state index is 14.4. The minimum atomic E-state index is -0.805. The van der Waals surface area contributed by atoms with E-state index in [1.165, 1.54) is 25.4 Å². The highest BCUT2D eigenvalue weighted by molar-refractivity contribution is 7.09. The van der Waals surface area contributed by atoms with Crippen LogP contribution in [0.5, 0.6) is 0 Å². The van der Waals surface area contributed by atoms with Gasteiger partial charge in [0.25, 0.3) is 5.91 Å². The number of carbonyl (C=O) groups excluding carboxylic acids is 5. The summed E-state index contributed by atoms with van der Waals surface area (Å²) in [6, 6.07) is 9.00. The lowest BCUT2D eigenvalue weighted by atomic mass is 9.79. The van der Waals surface area contributed by atoms with Gasteiger partial charge in [0.2, 0.25) is 5.91 Å². The Balaban J connectivity index is 1.84. The van der Waals surface area contributed by atoms with Crippen LogP contribution in [0, 0.1) is 23.7 Å².